The number of amides is 2. The first-order valence-corrected chi connectivity index (χ1v) is 12.3. The topological polar surface area (TPSA) is 84.0 Å². The average Bonchev–Trinajstić information content (AvgIpc) is 3.14. The minimum atomic E-state index is -1.19. The summed E-state index contributed by atoms with van der Waals surface area (Å²) in [6, 6.07) is -1.20. The third-order valence-corrected chi connectivity index (χ3v) is 8.48. The summed E-state index contributed by atoms with van der Waals surface area (Å²) < 4.78 is 6.01. The van der Waals surface area contributed by atoms with E-state index in [2.05, 4.69) is 0 Å². The van der Waals surface area contributed by atoms with Crippen molar-refractivity contribution in [2.75, 3.05) is 0 Å². The van der Waals surface area contributed by atoms with Gasteiger partial charge in [-0.1, -0.05) is 44.9 Å². The Balaban J connectivity index is 1.59. The van der Waals surface area contributed by atoms with Crippen molar-refractivity contribution in [3.8, 4) is 0 Å². The Hall–Kier alpha value is -1.92. The van der Waals surface area contributed by atoms with Gasteiger partial charge >= 0.3 is 5.97 Å². The highest BCUT2D eigenvalue weighted by atomic mass is 16.6. The molecule has 2 saturated carbocycles. The summed E-state index contributed by atoms with van der Waals surface area (Å²) in [5.41, 5.74) is -1.19. The van der Waals surface area contributed by atoms with Crippen LogP contribution in [0, 0.1) is 5.92 Å². The molecule has 0 unspecified atom stereocenters. The Labute approximate surface area is 183 Å². The zero-order chi connectivity index (χ0) is 21.8. The number of ether oxygens (including phenoxy) is 1. The fourth-order valence-corrected chi connectivity index (χ4v) is 7.24. The fourth-order valence-electron chi connectivity index (χ4n) is 7.24. The summed E-state index contributed by atoms with van der Waals surface area (Å²) in [6.07, 6.45) is 11.5. The second-order valence-electron chi connectivity index (χ2n) is 10.3. The minimum Gasteiger partial charge on any atom is -0.453 e. The lowest BCUT2D eigenvalue weighted by Crippen LogP contribution is -2.54. The van der Waals surface area contributed by atoms with Gasteiger partial charge in [-0.25, -0.2) is 0 Å². The van der Waals surface area contributed by atoms with Gasteiger partial charge < -0.3 is 14.5 Å². The summed E-state index contributed by atoms with van der Waals surface area (Å²) in [6.45, 7) is 1.53. The molecular weight excluding hydrogens is 396 g/mol. The van der Waals surface area contributed by atoms with Crippen molar-refractivity contribution in [3.63, 3.8) is 0 Å². The Kier molecular flexibility index (Phi) is 5.33. The molecule has 7 heteroatoms. The molecule has 4 atom stereocenters. The van der Waals surface area contributed by atoms with Crippen molar-refractivity contribution in [1.82, 2.24) is 9.80 Å². The Morgan fingerprint density at radius 2 is 1.42 bits per heavy atom. The highest BCUT2D eigenvalue weighted by Crippen LogP contribution is 2.56. The van der Waals surface area contributed by atoms with Gasteiger partial charge in [-0.2, -0.15) is 0 Å². The summed E-state index contributed by atoms with van der Waals surface area (Å²) in [4.78, 5) is 56.2. The molecule has 3 aliphatic heterocycles. The number of hydrogen-bond donors (Lipinski definition) is 0. The van der Waals surface area contributed by atoms with Crippen LogP contribution in [-0.4, -0.2) is 63.1 Å². The van der Waals surface area contributed by atoms with E-state index in [4.69, 9.17) is 4.74 Å². The molecule has 0 aromatic heterocycles. The highest BCUT2D eigenvalue weighted by molar-refractivity contribution is 6.02. The predicted molar refractivity (Wildman–Crippen MR) is 112 cm³/mol. The Morgan fingerprint density at radius 3 is 2.00 bits per heavy atom. The first kappa shape index (κ1) is 21.0. The molecule has 0 radical (unpaired) electrons. The molecule has 5 fully saturated rings. The van der Waals surface area contributed by atoms with Crippen molar-refractivity contribution < 1.29 is 23.9 Å². The summed E-state index contributed by atoms with van der Waals surface area (Å²) >= 11 is 0. The van der Waals surface area contributed by atoms with Gasteiger partial charge in [0.2, 0.25) is 11.8 Å². The Bertz CT molecular complexity index is 783. The lowest BCUT2D eigenvalue weighted by Gasteiger charge is -2.38. The molecule has 0 aromatic carbocycles. The number of esters is 1. The Morgan fingerprint density at radius 1 is 0.871 bits per heavy atom. The normalized spacial score (nSPS) is 37.1. The molecular formula is C24H34N2O5. The molecule has 5 aliphatic rings. The largest absolute Gasteiger partial charge is 0.453 e. The molecule has 3 saturated heterocycles. The van der Waals surface area contributed by atoms with E-state index in [0.29, 0.717) is 0 Å². The van der Waals surface area contributed by atoms with Crippen LogP contribution in [0.3, 0.4) is 0 Å². The first-order chi connectivity index (χ1) is 14.9. The van der Waals surface area contributed by atoms with Crippen LogP contribution in [0.15, 0.2) is 0 Å². The lowest BCUT2D eigenvalue weighted by atomic mass is 9.79. The highest BCUT2D eigenvalue weighted by Gasteiger charge is 2.77. The standard InChI is InChI=1S/C24H34N2O5/c1-15(27)13-19-24-18(14-20(28)31-24)22(29)26(17-11-7-4-8-12-17)21(24)23(30)25(19)16-9-5-2-3-6-10-16/h16-19,21H,2-14H2,1H3/t18-,19-,21-,24-/m0/s1. The number of nitrogens with zero attached hydrogens (tertiary/aromatic N) is 2. The van der Waals surface area contributed by atoms with Crippen molar-refractivity contribution in [2.45, 2.75) is 120 Å². The molecule has 0 bridgehead atoms. The monoisotopic (exact) mass is 430 g/mol. The van der Waals surface area contributed by atoms with Gasteiger partial charge in [-0.3, -0.25) is 19.2 Å². The van der Waals surface area contributed by atoms with Gasteiger partial charge in [-0.05, 0) is 32.6 Å². The number of likely N-dealkylation sites (tertiary alicyclic amines) is 2. The number of rotatable bonds is 4. The third kappa shape index (κ3) is 3.13. The van der Waals surface area contributed by atoms with E-state index in [1.165, 1.54) is 6.92 Å². The van der Waals surface area contributed by atoms with E-state index < -0.39 is 29.6 Å². The number of hydrogen-bond acceptors (Lipinski definition) is 5. The predicted octanol–water partition coefficient (Wildman–Crippen LogP) is 2.74. The molecule has 31 heavy (non-hydrogen) atoms. The second kappa shape index (κ2) is 7.89. The van der Waals surface area contributed by atoms with Crippen LogP contribution in [0.1, 0.15) is 90.4 Å². The molecule has 1 spiro atoms. The summed E-state index contributed by atoms with van der Waals surface area (Å²) in [5, 5.41) is 0. The van der Waals surface area contributed by atoms with Gasteiger partial charge in [0.15, 0.2) is 11.6 Å². The average molecular weight is 431 g/mol. The lowest BCUT2D eigenvalue weighted by molar-refractivity contribution is -0.155. The van der Waals surface area contributed by atoms with Crippen LogP contribution in [0.5, 0.6) is 0 Å². The van der Waals surface area contributed by atoms with Gasteiger partial charge in [0.25, 0.3) is 0 Å². The van der Waals surface area contributed by atoms with Crippen LogP contribution >= 0.6 is 0 Å². The third-order valence-electron chi connectivity index (χ3n) is 8.48. The van der Waals surface area contributed by atoms with Gasteiger partial charge in [-0.15, -0.1) is 0 Å². The summed E-state index contributed by atoms with van der Waals surface area (Å²) in [5.74, 6) is -1.28. The van der Waals surface area contributed by atoms with Gasteiger partial charge in [0.05, 0.1) is 18.4 Å². The fraction of sp³-hybridized carbons (Fsp3) is 0.833. The molecule has 2 aliphatic carbocycles. The maximum absolute atomic E-state index is 14.1. The number of ketones is 1. The van der Waals surface area contributed by atoms with E-state index in [9.17, 15) is 19.2 Å². The number of carbonyl (C=O) groups excluding carboxylic acids is 4. The molecule has 5 rings (SSSR count). The maximum atomic E-state index is 14.1. The van der Waals surface area contributed by atoms with E-state index >= 15 is 0 Å². The van der Waals surface area contributed by atoms with E-state index in [-0.39, 0.29) is 42.5 Å². The SMILES string of the molecule is CC(=O)C[C@@H]1N(C2CCCCCC2)C(=O)[C@@H]2N(C3CCCCC3)C(=O)[C@@H]3CC(=O)O[C@@]123. The van der Waals surface area contributed by atoms with Gasteiger partial charge in [0.1, 0.15) is 5.78 Å². The molecule has 7 nitrogen and oxygen atoms in total. The minimum absolute atomic E-state index is 0.0265. The van der Waals surface area contributed by atoms with Crippen LogP contribution in [0.4, 0.5) is 0 Å². The van der Waals surface area contributed by atoms with Crippen LogP contribution < -0.4 is 0 Å². The molecule has 170 valence electrons. The maximum Gasteiger partial charge on any atom is 0.307 e. The first-order valence-electron chi connectivity index (χ1n) is 12.3. The number of carbonyl (C=O) groups is 4. The molecule has 0 N–H and O–H groups in total. The zero-order valence-corrected chi connectivity index (χ0v) is 18.5. The molecule has 2 amide bonds. The van der Waals surface area contributed by atoms with Crippen LogP contribution in [-0.2, 0) is 23.9 Å². The van der Waals surface area contributed by atoms with Crippen molar-refractivity contribution in [2.24, 2.45) is 5.92 Å². The van der Waals surface area contributed by atoms with Crippen LogP contribution in [0.25, 0.3) is 0 Å². The van der Waals surface area contributed by atoms with E-state index in [1.54, 1.807) is 0 Å². The molecule has 3 heterocycles. The second-order valence-corrected chi connectivity index (χ2v) is 10.3. The van der Waals surface area contributed by atoms with E-state index in [0.717, 1.165) is 70.6 Å². The van der Waals surface area contributed by atoms with Gasteiger partial charge in [0, 0.05) is 18.5 Å². The van der Waals surface area contributed by atoms with Crippen LogP contribution in [0.2, 0.25) is 0 Å². The summed E-state index contributed by atoms with van der Waals surface area (Å²) in [7, 11) is 0. The zero-order valence-electron chi connectivity index (χ0n) is 18.5. The van der Waals surface area contributed by atoms with Crippen molar-refractivity contribution >= 4 is 23.6 Å². The quantitative estimate of drug-likeness (QED) is 0.506. The van der Waals surface area contributed by atoms with Crippen molar-refractivity contribution in [1.29, 1.82) is 0 Å². The van der Waals surface area contributed by atoms with Crippen molar-refractivity contribution in [3.05, 3.63) is 0 Å². The smallest absolute Gasteiger partial charge is 0.307 e. The number of Topliss-reactive ketones (excluding diaryl/α,β-unsaturated/α-hetero) is 1. The van der Waals surface area contributed by atoms with E-state index in [1.807, 2.05) is 9.80 Å². The molecule has 0 aromatic rings.